The van der Waals surface area contributed by atoms with Gasteiger partial charge in [-0.25, -0.2) is 8.78 Å². The molecule has 0 saturated carbocycles. The first-order valence-electron chi connectivity index (χ1n) is 5.81. The quantitative estimate of drug-likeness (QED) is 0.857. The molecule has 1 N–H and O–H groups in total. The first-order chi connectivity index (χ1) is 8.56. The third-order valence-corrected chi connectivity index (χ3v) is 2.95. The number of anilines is 1. The second kappa shape index (κ2) is 5.17. The summed E-state index contributed by atoms with van der Waals surface area (Å²) in [6, 6.07) is 9.60. The maximum absolute atomic E-state index is 13.1. The molecule has 1 nitrogen and oxygen atoms in total. The molecule has 0 aliphatic rings. The monoisotopic (exact) mass is 247 g/mol. The lowest BCUT2D eigenvalue weighted by atomic mass is 10.1. The van der Waals surface area contributed by atoms with Crippen LogP contribution in [-0.4, -0.2) is 0 Å². The molecule has 0 aliphatic carbocycles. The predicted molar refractivity (Wildman–Crippen MR) is 69.6 cm³/mol. The minimum absolute atomic E-state index is 0.210. The van der Waals surface area contributed by atoms with E-state index in [4.69, 9.17) is 0 Å². The van der Waals surface area contributed by atoms with Gasteiger partial charge in [0.1, 0.15) is 11.6 Å². The van der Waals surface area contributed by atoms with Gasteiger partial charge in [0, 0.05) is 12.2 Å². The lowest BCUT2D eigenvalue weighted by molar-refractivity contribution is 0.618. The average molecular weight is 247 g/mol. The molecule has 0 bridgehead atoms. The van der Waals surface area contributed by atoms with Gasteiger partial charge < -0.3 is 5.32 Å². The SMILES string of the molecule is Cc1cc(NCc2ccc(F)cc2C)ccc1F. The number of rotatable bonds is 3. The highest BCUT2D eigenvalue weighted by molar-refractivity contribution is 5.46. The maximum atomic E-state index is 13.1. The number of benzene rings is 2. The Morgan fingerprint density at radius 3 is 2.39 bits per heavy atom. The van der Waals surface area contributed by atoms with Gasteiger partial charge in [-0.3, -0.25) is 0 Å². The lowest BCUT2D eigenvalue weighted by Gasteiger charge is -2.10. The number of aryl methyl sites for hydroxylation is 2. The zero-order chi connectivity index (χ0) is 13.1. The van der Waals surface area contributed by atoms with Gasteiger partial charge in [0.25, 0.3) is 0 Å². The largest absolute Gasteiger partial charge is 0.381 e. The Labute approximate surface area is 105 Å². The van der Waals surface area contributed by atoms with Gasteiger partial charge in [0.15, 0.2) is 0 Å². The summed E-state index contributed by atoms with van der Waals surface area (Å²) in [6.45, 7) is 4.19. The molecule has 0 saturated heterocycles. The summed E-state index contributed by atoms with van der Waals surface area (Å²) < 4.78 is 26.0. The molecule has 0 amide bonds. The Morgan fingerprint density at radius 2 is 1.72 bits per heavy atom. The minimum atomic E-state index is -0.228. The zero-order valence-corrected chi connectivity index (χ0v) is 10.4. The Bertz CT molecular complexity index is 564. The molecule has 0 aliphatic heterocycles. The van der Waals surface area contributed by atoms with Gasteiger partial charge in [-0.05, 0) is 60.9 Å². The van der Waals surface area contributed by atoms with E-state index >= 15 is 0 Å². The van der Waals surface area contributed by atoms with Gasteiger partial charge in [-0.1, -0.05) is 6.07 Å². The molecule has 3 heteroatoms. The molecule has 0 unspecified atom stereocenters. The van der Waals surface area contributed by atoms with Crippen molar-refractivity contribution in [1.82, 2.24) is 0 Å². The number of hydrogen-bond donors (Lipinski definition) is 1. The summed E-state index contributed by atoms with van der Waals surface area (Å²) in [5, 5.41) is 3.20. The van der Waals surface area contributed by atoms with Gasteiger partial charge in [-0.15, -0.1) is 0 Å². The third-order valence-electron chi connectivity index (χ3n) is 2.95. The van der Waals surface area contributed by atoms with Crippen molar-refractivity contribution in [2.75, 3.05) is 5.32 Å². The molecule has 2 aromatic rings. The van der Waals surface area contributed by atoms with E-state index in [1.165, 1.54) is 18.2 Å². The Kier molecular flexibility index (Phi) is 3.60. The molecule has 0 fully saturated rings. The van der Waals surface area contributed by atoms with Gasteiger partial charge in [0.2, 0.25) is 0 Å². The molecule has 18 heavy (non-hydrogen) atoms. The van der Waals surface area contributed by atoms with Crippen LogP contribution >= 0.6 is 0 Å². The lowest BCUT2D eigenvalue weighted by Crippen LogP contribution is -2.02. The highest BCUT2D eigenvalue weighted by Gasteiger charge is 2.02. The molecule has 0 atom stereocenters. The van der Waals surface area contributed by atoms with Crippen LogP contribution in [0.1, 0.15) is 16.7 Å². The Morgan fingerprint density at radius 1 is 0.944 bits per heavy atom. The molecule has 2 aromatic carbocycles. The second-order valence-electron chi connectivity index (χ2n) is 4.39. The molecule has 0 spiro atoms. The molecule has 0 aromatic heterocycles. The van der Waals surface area contributed by atoms with E-state index in [2.05, 4.69) is 5.32 Å². The Hall–Kier alpha value is -1.90. The standard InChI is InChI=1S/C15H15F2N/c1-10-7-13(16)4-3-12(10)9-18-14-5-6-15(17)11(2)8-14/h3-8,18H,9H2,1-2H3. The van der Waals surface area contributed by atoms with Gasteiger partial charge in [-0.2, -0.15) is 0 Å². The minimum Gasteiger partial charge on any atom is -0.381 e. The molecule has 94 valence electrons. The van der Waals surface area contributed by atoms with Gasteiger partial charge in [0.05, 0.1) is 0 Å². The normalized spacial score (nSPS) is 10.4. The van der Waals surface area contributed by atoms with Crippen LogP contribution in [0.2, 0.25) is 0 Å². The summed E-state index contributed by atoms with van der Waals surface area (Å²) in [4.78, 5) is 0. The summed E-state index contributed by atoms with van der Waals surface area (Å²) in [6.07, 6.45) is 0. The van der Waals surface area contributed by atoms with Crippen LogP contribution in [0.15, 0.2) is 36.4 Å². The van der Waals surface area contributed by atoms with E-state index in [-0.39, 0.29) is 11.6 Å². The van der Waals surface area contributed by atoms with Crippen molar-refractivity contribution >= 4 is 5.69 Å². The molecular formula is C15H15F2N. The van der Waals surface area contributed by atoms with E-state index in [1.807, 2.05) is 6.92 Å². The van der Waals surface area contributed by atoms with E-state index in [0.29, 0.717) is 12.1 Å². The predicted octanol–water partition coefficient (Wildman–Crippen LogP) is 4.19. The number of halogens is 2. The van der Waals surface area contributed by atoms with Crippen molar-refractivity contribution in [3.63, 3.8) is 0 Å². The fourth-order valence-electron chi connectivity index (χ4n) is 1.81. The van der Waals surface area contributed by atoms with Crippen LogP contribution in [-0.2, 0) is 6.54 Å². The highest BCUT2D eigenvalue weighted by atomic mass is 19.1. The van der Waals surface area contributed by atoms with Gasteiger partial charge >= 0.3 is 0 Å². The second-order valence-corrected chi connectivity index (χ2v) is 4.39. The van der Waals surface area contributed by atoms with Crippen LogP contribution in [0.5, 0.6) is 0 Å². The van der Waals surface area contributed by atoms with Crippen molar-refractivity contribution in [3.8, 4) is 0 Å². The first kappa shape index (κ1) is 12.6. The maximum Gasteiger partial charge on any atom is 0.126 e. The molecule has 2 rings (SSSR count). The van der Waals surface area contributed by atoms with E-state index in [1.54, 1.807) is 25.1 Å². The van der Waals surface area contributed by atoms with Crippen LogP contribution in [0.3, 0.4) is 0 Å². The van der Waals surface area contributed by atoms with Crippen LogP contribution in [0.4, 0.5) is 14.5 Å². The smallest absolute Gasteiger partial charge is 0.126 e. The van der Waals surface area contributed by atoms with Crippen molar-refractivity contribution in [2.24, 2.45) is 0 Å². The number of hydrogen-bond acceptors (Lipinski definition) is 1. The molecular weight excluding hydrogens is 232 g/mol. The summed E-state index contributed by atoms with van der Waals surface area (Å²) in [5.41, 5.74) is 3.40. The highest BCUT2D eigenvalue weighted by Crippen LogP contribution is 2.16. The molecule has 0 radical (unpaired) electrons. The first-order valence-corrected chi connectivity index (χ1v) is 5.81. The molecule has 0 heterocycles. The zero-order valence-electron chi connectivity index (χ0n) is 10.4. The van der Waals surface area contributed by atoms with E-state index in [0.717, 1.165) is 16.8 Å². The third kappa shape index (κ3) is 2.86. The van der Waals surface area contributed by atoms with E-state index in [9.17, 15) is 8.78 Å². The summed E-state index contributed by atoms with van der Waals surface area (Å²) in [7, 11) is 0. The fourth-order valence-corrected chi connectivity index (χ4v) is 1.81. The van der Waals surface area contributed by atoms with E-state index < -0.39 is 0 Å². The van der Waals surface area contributed by atoms with Crippen molar-refractivity contribution in [1.29, 1.82) is 0 Å². The topological polar surface area (TPSA) is 12.0 Å². The van der Waals surface area contributed by atoms with Crippen molar-refractivity contribution in [3.05, 3.63) is 64.7 Å². The van der Waals surface area contributed by atoms with Crippen molar-refractivity contribution < 1.29 is 8.78 Å². The van der Waals surface area contributed by atoms with Crippen molar-refractivity contribution in [2.45, 2.75) is 20.4 Å². The fraction of sp³-hybridized carbons (Fsp3) is 0.200. The van der Waals surface area contributed by atoms with Crippen LogP contribution in [0, 0.1) is 25.5 Å². The Balaban J connectivity index is 2.09. The number of nitrogens with one attached hydrogen (secondary N) is 1. The summed E-state index contributed by atoms with van der Waals surface area (Å²) in [5.74, 6) is -0.438. The van der Waals surface area contributed by atoms with Crippen LogP contribution < -0.4 is 5.32 Å². The average Bonchev–Trinajstić information content (AvgIpc) is 2.32. The van der Waals surface area contributed by atoms with Crippen LogP contribution in [0.25, 0.3) is 0 Å². The summed E-state index contributed by atoms with van der Waals surface area (Å²) >= 11 is 0.